The lowest BCUT2D eigenvalue weighted by atomic mass is 10.1. The van der Waals surface area contributed by atoms with E-state index in [9.17, 15) is 0 Å². The minimum Gasteiger partial charge on any atom is -0.350 e. The molecule has 0 bridgehead atoms. The standard InChI is InChI=1S/C15H21N5/c1-3-11-9-8-10(2)20(11)14-12-6-4-5-7-13(12)17-15(18-14)19-16/h4-7,10-11H,3,8-9,16H2,1-2H3,(H,17,18,19). The first-order valence-electron chi connectivity index (χ1n) is 7.26. The number of hydrazine groups is 1. The van der Waals surface area contributed by atoms with Crippen LogP contribution >= 0.6 is 0 Å². The van der Waals surface area contributed by atoms with Gasteiger partial charge in [0.05, 0.1) is 5.52 Å². The van der Waals surface area contributed by atoms with Crippen LogP contribution in [0, 0.1) is 0 Å². The Morgan fingerprint density at radius 2 is 2.10 bits per heavy atom. The van der Waals surface area contributed by atoms with Gasteiger partial charge in [0.15, 0.2) is 0 Å². The zero-order valence-electron chi connectivity index (χ0n) is 12.0. The number of anilines is 2. The minimum atomic E-state index is 0.479. The Morgan fingerprint density at radius 3 is 2.85 bits per heavy atom. The van der Waals surface area contributed by atoms with E-state index >= 15 is 0 Å². The molecule has 0 saturated carbocycles. The van der Waals surface area contributed by atoms with E-state index in [-0.39, 0.29) is 0 Å². The van der Waals surface area contributed by atoms with E-state index in [4.69, 9.17) is 5.84 Å². The molecule has 0 radical (unpaired) electrons. The van der Waals surface area contributed by atoms with Crippen molar-refractivity contribution in [2.75, 3.05) is 10.3 Å². The molecule has 2 aromatic rings. The fraction of sp³-hybridized carbons (Fsp3) is 0.467. The maximum absolute atomic E-state index is 5.52. The molecular formula is C15H21N5. The molecule has 2 heterocycles. The van der Waals surface area contributed by atoms with Crippen molar-refractivity contribution < 1.29 is 0 Å². The average Bonchev–Trinajstić information content (AvgIpc) is 2.86. The van der Waals surface area contributed by atoms with Gasteiger partial charge in [0, 0.05) is 17.5 Å². The van der Waals surface area contributed by atoms with Gasteiger partial charge in [0.1, 0.15) is 5.82 Å². The first kappa shape index (κ1) is 13.1. The molecule has 2 atom stereocenters. The predicted molar refractivity (Wildman–Crippen MR) is 82.6 cm³/mol. The number of aromatic nitrogens is 2. The van der Waals surface area contributed by atoms with Crippen LogP contribution in [-0.4, -0.2) is 22.1 Å². The van der Waals surface area contributed by atoms with Crippen molar-refractivity contribution in [3.63, 3.8) is 0 Å². The van der Waals surface area contributed by atoms with Crippen molar-refractivity contribution in [1.29, 1.82) is 0 Å². The Hall–Kier alpha value is -1.88. The molecule has 0 spiro atoms. The lowest BCUT2D eigenvalue weighted by molar-refractivity contribution is 0.623. The predicted octanol–water partition coefficient (Wildman–Crippen LogP) is 2.68. The summed E-state index contributed by atoms with van der Waals surface area (Å²) in [6, 6.07) is 9.17. The average molecular weight is 271 g/mol. The van der Waals surface area contributed by atoms with E-state index in [0.29, 0.717) is 18.0 Å². The maximum atomic E-state index is 5.52. The summed E-state index contributed by atoms with van der Waals surface area (Å²) >= 11 is 0. The van der Waals surface area contributed by atoms with E-state index in [1.165, 1.54) is 12.8 Å². The Bertz CT molecular complexity index is 612. The van der Waals surface area contributed by atoms with Gasteiger partial charge in [-0.15, -0.1) is 0 Å². The smallest absolute Gasteiger partial charge is 0.239 e. The quantitative estimate of drug-likeness (QED) is 0.663. The van der Waals surface area contributed by atoms with Crippen molar-refractivity contribution in [3.05, 3.63) is 24.3 Å². The monoisotopic (exact) mass is 271 g/mol. The molecule has 1 aromatic carbocycles. The Morgan fingerprint density at radius 1 is 1.30 bits per heavy atom. The number of nitrogens with zero attached hydrogens (tertiary/aromatic N) is 3. The third kappa shape index (κ3) is 2.08. The van der Waals surface area contributed by atoms with Crippen molar-refractivity contribution in [1.82, 2.24) is 9.97 Å². The minimum absolute atomic E-state index is 0.479. The van der Waals surface area contributed by atoms with Gasteiger partial charge in [-0.3, -0.25) is 5.43 Å². The summed E-state index contributed by atoms with van der Waals surface area (Å²) in [6.07, 6.45) is 3.57. The molecule has 3 N–H and O–H groups in total. The molecule has 5 nitrogen and oxygen atoms in total. The van der Waals surface area contributed by atoms with Gasteiger partial charge in [0.2, 0.25) is 5.95 Å². The van der Waals surface area contributed by atoms with Gasteiger partial charge in [-0.1, -0.05) is 19.1 Å². The summed E-state index contributed by atoms with van der Waals surface area (Å²) in [6.45, 7) is 4.50. The van der Waals surface area contributed by atoms with Crippen molar-refractivity contribution >= 4 is 22.7 Å². The number of hydrogen-bond acceptors (Lipinski definition) is 5. The number of hydrogen-bond donors (Lipinski definition) is 2. The van der Waals surface area contributed by atoms with E-state index in [0.717, 1.165) is 23.1 Å². The first-order valence-corrected chi connectivity index (χ1v) is 7.26. The summed E-state index contributed by atoms with van der Waals surface area (Å²) in [5.74, 6) is 7.00. The SMILES string of the molecule is CCC1CCC(C)N1c1nc(NN)nc2ccccc12. The van der Waals surface area contributed by atoms with Crippen molar-refractivity contribution in [2.45, 2.75) is 45.2 Å². The molecule has 1 aliphatic rings. The van der Waals surface area contributed by atoms with Crippen LogP contribution < -0.4 is 16.2 Å². The van der Waals surface area contributed by atoms with Crippen LogP contribution in [0.5, 0.6) is 0 Å². The molecule has 1 aliphatic heterocycles. The molecule has 1 aromatic heterocycles. The van der Waals surface area contributed by atoms with Gasteiger partial charge >= 0.3 is 0 Å². The highest BCUT2D eigenvalue weighted by atomic mass is 15.3. The van der Waals surface area contributed by atoms with Crippen LogP contribution in [0.3, 0.4) is 0 Å². The van der Waals surface area contributed by atoms with Crippen LogP contribution in [0.2, 0.25) is 0 Å². The second kappa shape index (κ2) is 5.25. The third-order valence-electron chi connectivity index (χ3n) is 4.21. The largest absolute Gasteiger partial charge is 0.350 e. The summed E-state index contributed by atoms with van der Waals surface area (Å²) < 4.78 is 0. The molecule has 1 fully saturated rings. The highest BCUT2D eigenvalue weighted by molar-refractivity contribution is 5.90. The first-order chi connectivity index (χ1) is 9.74. The highest BCUT2D eigenvalue weighted by Crippen LogP contribution is 2.35. The number of nitrogen functional groups attached to an aromatic ring is 1. The Labute approximate surface area is 119 Å². The van der Waals surface area contributed by atoms with E-state index in [1.54, 1.807) is 0 Å². The van der Waals surface area contributed by atoms with Crippen LogP contribution in [0.15, 0.2) is 24.3 Å². The fourth-order valence-corrected chi connectivity index (χ4v) is 3.18. The topological polar surface area (TPSA) is 67.1 Å². The van der Waals surface area contributed by atoms with Gasteiger partial charge in [-0.25, -0.2) is 10.8 Å². The van der Waals surface area contributed by atoms with E-state index in [2.05, 4.69) is 40.2 Å². The summed E-state index contributed by atoms with van der Waals surface area (Å²) in [7, 11) is 0. The maximum Gasteiger partial charge on any atom is 0.239 e. The molecule has 5 heteroatoms. The second-order valence-corrected chi connectivity index (χ2v) is 5.43. The normalized spacial score (nSPS) is 22.4. The zero-order valence-corrected chi connectivity index (χ0v) is 12.0. The van der Waals surface area contributed by atoms with Crippen LogP contribution in [-0.2, 0) is 0 Å². The molecule has 1 saturated heterocycles. The lowest BCUT2D eigenvalue weighted by Crippen LogP contribution is -2.35. The molecular weight excluding hydrogens is 250 g/mol. The van der Waals surface area contributed by atoms with Crippen molar-refractivity contribution in [2.24, 2.45) is 5.84 Å². The molecule has 0 aliphatic carbocycles. The number of para-hydroxylation sites is 1. The number of fused-ring (bicyclic) bond motifs is 1. The van der Waals surface area contributed by atoms with E-state index < -0.39 is 0 Å². The molecule has 3 rings (SSSR count). The Balaban J connectivity index is 2.18. The van der Waals surface area contributed by atoms with Gasteiger partial charge in [-0.05, 0) is 38.3 Å². The van der Waals surface area contributed by atoms with Gasteiger partial charge < -0.3 is 4.90 Å². The van der Waals surface area contributed by atoms with E-state index in [1.807, 2.05) is 18.2 Å². The van der Waals surface area contributed by atoms with Gasteiger partial charge in [0.25, 0.3) is 0 Å². The molecule has 20 heavy (non-hydrogen) atoms. The van der Waals surface area contributed by atoms with Gasteiger partial charge in [-0.2, -0.15) is 4.98 Å². The van der Waals surface area contributed by atoms with Crippen LogP contribution in [0.4, 0.5) is 11.8 Å². The third-order valence-corrected chi connectivity index (χ3v) is 4.21. The molecule has 0 amide bonds. The fourth-order valence-electron chi connectivity index (χ4n) is 3.18. The van der Waals surface area contributed by atoms with Crippen LogP contribution in [0.1, 0.15) is 33.1 Å². The second-order valence-electron chi connectivity index (χ2n) is 5.43. The highest BCUT2D eigenvalue weighted by Gasteiger charge is 2.31. The lowest BCUT2D eigenvalue weighted by Gasteiger charge is -2.30. The summed E-state index contributed by atoms with van der Waals surface area (Å²) in [5, 5.41) is 1.10. The number of benzene rings is 1. The zero-order chi connectivity index (χ0) is 14.1. The molecule has 106 valence electrons. The van der Waals surface area contributed by atoms with Crippen LogP contribution in [0.25, 0.3) is 10.9 Å². The van der Waals surface area contributed by atoms with Crippen molar-refractivity contribution in [3.8, 4) is 0 Å². The summed E-state index contributed by atoms with van der Waals surface area (Å²) in [5.41, 5.74) is 3.51. The summed E-state index contributed by atoms with van der Waals surface area (Å²) in [4.78, 5) is 11.5. The number of rotatable bonds is 3. The molecule has 2 unspecified atom stereocenters. The number of nitrogens with two attached hydrogens (primary N) is 1. The Kier molecular flexibility index (Phi) is 3.44. The number of nitrogens with one attached hydrogen (secondary N) is 1.